The van der Waals surface area contributed by atoms with Gasteiger partial charge in [0.2, 0.25) is 0 Å². The van der Waals surface area contributed by atoms with Crippen molar-refractivity contribution < 1.29 is 14.3 Å². The number of hydrogen-bond donors (Lipinski definition) is 2. The van der Waals surface area contributed by atoms with Crippen LogP contribution in [0.5, 0.6) is 5.75 Å². The second-order valence-corrected chi connectivity index (χ2v) is 3.09. The van der Waals surface area contributed by atoms with E-state index in [1.165, 1.54) is 6.07 Å². The number of nitrogens with one attached hydrogen (secondary N) is 1. The average molecular weight is 221 g/mol. The van der Waals surface area contributed by atoms with Crippen LogP contribution in [0.3, 0.4) is 0 Å². The molecule has 3 nitrogen and oxygen atoms in total. The van der Waals surface area contributed by atoms with Crippen LogP contribution in [0.4, 0.5) is 4.39 Å². The highest BCUT2D eigenvalue weighted by atomic mass is 19.1. The number of benzene rings is 1. The van der Waals surface area contributed by atoms with Gasteiger partial charge in [0.1, 0.15) is 11.6 Å². The number of carbonyl (C=O) groups is 1. The highest BCUT2D eigenvalue weighted by Crippen LogP contribution is 2.17. The smallest absolute Gasteiger partial charge is 0.255 e. The molecule has 2 N–H and O–H groups in total. The summed E-state index contributed by atoms with van der Waals surface area (Å²) in [6, 6.07) is 3.27. The molecule has 0 heterocycles. The van der Waals surface area contributed by atoms with Gasteiger partial charge in [-0.2, -0.15) is 0 Å². The summed E-state index contributed by atoms with van der Waals surface area (Å²) in [4.78, 5) is 11.5. The first-order valence-corrected chi connectivity index (χ1v) is 4.81. The summed E-state index contributed by atoms with van der Waals surface area (Å²) >= 11 is 0. The highest BCUT2D eigenvalue weighted by Gasteiger charge is 2.10. The van der Waals surface area contributed by atoms with Gasteiger partial charge in [0.05, 0.1) is 5.56 Å². The van der Waals surface area contributed by atoms with Crippen molar-refractivity contribution in [1.29, 1.82) is 0 Å². The molecule has 1 amide bonds. The summed E-state index contributed by atoms with van der Waals surface area (Å²) in [7, 11) is 0. The Balaban J connectivity index is 2.61. The molecule has 16 heavy (non-hydrogen) atoms. The third-order valence-corrected chi connectivity index (χ3v) is 1.92. The van der Waals surface area contributed by atoms with Crippen LogP contribution in [0, 0.1) is 17.7 Å². The minimum atomic E-state index is -0.578. The maximum absolute atomic E-state index is 12.7. The summed E-state index contributed by atoms with van der Waals surface area (Å²) in [5.74, 6) is 4.12. The van der Waals surface area contributed by atoms with Crippen molar-refractivity contribution in [3.63, 3.8) is 0 Å². The van der Waals surface area contributed by atoms with Crippen molar-refractivity contribution in [2.75, 3.05) is 6.54 Å². The van der Waals surface area contributed by atoms with Crippen molar-refractivity contribution in [2.45, 2.75) is 13.3 Å². The van der Waals surface area contributed by atoms with Gasteiger partial charge in [-0.05, 0) is 19.1 Å². The van der Waals surface area contributed by atoms with Crippen LogP contribution in [0.2, 0.25) is 0 Å². The third-order valence-electron chi connectivity index (χ3n) is 1.92. The lowest BCUT2D eigenvalue weighted by Crippen LogP contribution is -2.24. The molecule has 0 aliphatic carbocycles. The number of phenolic OH excluding ortho intramolecular Hbond substituents is 1. The second kappa shape index (κ2) is 5.76. The van der Waals surface area contributed by atoms with Crippen LogP contribution < -0.4 is 5.32 Å². The second-order valence-electron chi connectivity index (χ2n) is 3.09. The Morgan fingerprint density at radius 1 is 1.56 bits per heavy atom. The van der Waals surface area contributed by atoms with Crippen molar-refractivity contribution in [3.05, 3.63) is 29.6 Å². The van der Waals surface area contributed by atoms with Gasteiger partial charge in [-0.15, -0.1) is 11.8 Å². The first-order valence-electron chi connectivity index (χ1n) is 4.81. The molecule has 0 radical (unpaired) electrons. The van der Waals surface area contributed by atoms with Crippen molar-refractivity contribution >= 4 is 5.91 Å². The summed E-state index contributed by atoms with van der Waals surface area (Å²) in [5, 5.41) is 11.9. The molecule has 1 aromatic rings. The molecule has 0 spiro atoms. The summed E-state index contributed by atoms with van der Waals surface area (Å²) in [6.45, 7) is 2.12. The molecule has 1 rings (SSSR count). The fourth-order valence-corrected chi connectivity index (χ4v) is 1.16. The van der Waals surface area contributed by atoms with Gasteiger partial charge >= 0.3 is 0 Å². The van der Waals surface area contributed by atoms with Crippen molar-refractivity contribution in [1.82, 2.24) is 5.32 Å². The lowest BCUT2D eigenvalue weighted by atomic mass is 10.2. The van der Waals surface area contributed by atoms with Crippen LogP contribution in [0.15, 0.2) is 18.2 Å². The van der Waals surface area contributed by atoms with E-state index in [1.54, 1.807) is 6.92 Å². The number of carbonyl (C=O) groups excluding carboxylic acids is 1. The quantitative estimate of drug-likeness (QED) is 0.602. The molecule has 0 aliphatic rings. The molecule has 0 saturated heterocycles. The fraction of sp³-hybridized carbons (Fsp3) is 0.250. The highest BCUT2D eigenvalue weighted by molar-refractivity contribution is 5.96. The number of phenols is 1. The lowest BCUT2D eigenvalue weighted by molar-refractivity contribution is 0.0952. The largest absolute Gasteiger partial charge is 0.507 e. The maximum atomic E-state index is 12.7. The monoisotopic (exact) mass is 221 g/mol. The van der Waals surface area contributed by atoms with Crippen LogP contribution in [-0.2, 0) is 0 Å². The molecule has 0 bridgehead atoms. The number of rotatable bonds is 3. The molecule has 84 valence electrons. The normalized spacial score (nSPS) is 9.12. The van der Waals surface area contributed by atoms with Crippen LogP contribution >= 0.6 is 0 Å². The Bertz CT molecular complexity index is 446. The Hall–Kier alpha value is -2.02. The van der Waals surface area contributed by atoms with Gasteiger partial charge in [0, 0.05) is 19.0 Å². The van der Waals surface area contributed by atoms with E-state index in [-0.39, 0.29) is 11.3 Å². The standard InChI is InChI=1S/C12H12FNO2/c1-2-3-4-7-14-12(16)10-6-5-9(13)8-11(10)15/h5-6,8,15H,4,7H2,1H3,(H,14,16). The van der Waals surface area contributed by atoms with Gasteiger partial charge < -0.3 is 10.4 Å². The van der Waals surface area contributed by atoms with E-state index < -0.39 is 11.7 Å². The van der Waals surface area contributed by atoms with E-state index in [1.807, 2.05) is 0 Å². The van der Waals surface area contributed by atoms with Gasteiger partial charge in [-0.3, -0.25) is 4.79 Å². The van der Waals surface area contributed by atoms with Gasteiger partial charge in [0.25, 0.3) is 5.91 Å². The molecule has 0 atom stereocenters. The van der Waals surface area contributed by atoms with Crippen LogP contribution in [0.25, 0.3) is 0 Å². The minimum absolute atomic E-state index is 0.0610. The number of hydrogen-bond acceptors (Lipinski definition) is 2. The molecule has 0 aliphatic heterocycles. The van der Waals surface area contributed by atoms with E-state index in [2.05, 4.69) is 17.2 Å². The average Bonchev–Trinajstić information content (AvgIpc) is 2.24. The molecule has 0 unspecified atom stereocenters. The molecular weight excluding hydrogens is 209 g/mol. The lowest BCUT2D eigenvalue weighted by Gasteiger charge is -2.04. The first kappa shape index (κ1) is 12.1. The first-order chi connectivity index (χ1) is 7.65. The minimum Gasteiger partial charge on any atom is -0.507 e. The van der Waals surface area contributed by atoms with Gasteiger partial charge in [-0.1, -0.05) is 0 Å². The maximum Gasteiger partial charge on any atom is 0.255 e. The predicted molar refractivity (Wildman–Crippen MR) is 58.5 cm³/mol. The van der Waals surface area contributed by atoms with E-state index in [0.717, 1.165) is 12.1 Å². The summed E-state index contributed by atoms with van der Waals surface area (Å²) in [5.41, 5.74) is 0.0610. The van der Waals surface area contributed by atoms with Crippen LogP contribution in [-0.4, -0.2) is 17.6 Å². The molecule has 0 aromatic heterocycles. The zero-order chi connectivity index (χ0) is 12.0. The summed E-state index contributed by atoms with van der Waals surface area (Å²) < 4.78 is 12.7. The van der Waals surface area contributed by atoms with E-state index in [9.17, 15) is 14.3 Å². The molecule has 0 saturated carbocycles. The van der Waals surface area contributed by atoms with E-state index in [0.29, 0.717) is 13.0 Å². The predicted octanol–water partition coefficient (Wildman–Crippen LogP) is 1.67. The fourth-order valence-electron chi connectivity index (χ4n) is 1.16. The third kappa shape index (κ3) is 3.28. The van der Waals surface area contributed by atoms with Crippen molar-refractivity contribution in [3.8, 4) is 17.6 Å². The molecule has 4 heteroatoms. The summed E-state index contributed by atoms with van der Waals surface area (Å²) in [6.07, 6.45) is 0.546. The number of amides is 1. The number of aromatic hydroxyl groups is 1. The Morgan fingerprint density at radius 3 is 2.94 bits per heavy atom. The SMILES string of the molecule is CC#CCCNC(=O)c1ccc(F)cc1O. The zero-order valence-corrected chi connectivity index (χ0v) is 8.88. The molecule has 0 fully saturated rings. The van der Waals surface area contributed by atoms with Crippen LogP contribution in [0.1, 0.15) is 23.7 Å². The van der Waals surface area contributed by atoms with Gasteiger partial charge in [-0.25, -0.2) is 4.39 Å². The van der Waals surface area contributed by atoms with E-state index >= 15 is 0 Å². The molecule has 1 aromatic carbocycles. The number of halogens is 1. The van der Waals surface area contributed by atoms with Crippen molar-refractivity contribution in [2.24, 2.45) is 0 Å². The van der Waals surface area contributed by atoms with Gasteiger partial charge in [0.15, 0.2) is 0 Å². The topological polar surface area (TPSA) is 49.3 Å². The molecular formula is C12H12FNO2. The Morgan fingerprint density at radius 2 is 2.31 bits per heavy atom. The zero-order valence-electron chi connectivity index (χ0n) is 8.88. The Labute approximate surface area is 93.3 Å². The Kier molecular flexibility index (Phi) is 4.34. The van der Waals surface area contributed by atoms with E-state index in [4.69, 9.17) is 0 Å².